The lowest BCUT2D eigenvalue weighted by Crippen LogP contribution is -2.38. The van der Waals surface area contributed by atoms with Gasteiger partial charge in [0.1, 0.15) is 4.53 Å². The summed E-state index contributed by atoms with van der Waals surface area (Å²) in [4.78, 5) is 54.8. The zero-order chi connectivity index (χ0) is 19.0. The first-order valence-electron chi connectivity index (χ1n) is 7.96. The van der Waals surface area contributed by atoms with Gasteiger partial charge in [0.25, 0.3) is 17.0 Å². The average Bonchev–Trinajstić information content (AvgIpc) is 3.28. The second kappa shape index (κ2) is 5.01. The molecule has 0 spiro atoms. The highest BCUT2D eigenvalue weighted by molar-refractivity contribution is 7.15. The third-order valence-electron chi connectivity index (χ3n) is 4.72. The Balaban J connectivity index is 2.01. The largest absolute Gasteiger partial charge is 0.332 e. The first-order valence-corrected chi connectivity index (χ1v) is 8.78. The van der Waals surface area contributed by atoms with Crippen LogP contribution in [-0.2, 0) is 18.9 Å². The van der Waals surface area contributed by atoms with Gasteiger partial charge in [-0.05, 0) is 6.07 Å². The second-order valence-corrected chi connectivity index (χ2v) is 7.20. The summed E-state index contributed by atoms with van der Waals surface area (Å²) in [7, 11) is 2.83. The Labute approximate surface area is 153 Å². The van der Waals surface area contributed by atoms with Gasteiger partial charge >= 0.3 is 5.69 Å². The maximum Gasteiger partial charge on any atom is 0.332 e. The molecular formula is C17H11N5O4S. The first-order chi connectivity index (χ1) is 12.9. The Hall–Kier alpha value is -3.53. The van der Waals surface area contributed by atoms with E-state index in [1.165, 1.54) is 23.1 Å². The van der Waals surface area contributed by atoms with Crippen LogP contribution < -0.4 is 26.7 Å². The van der Waals surface area contributed by atoms with E-state index in [0.29, 0.717) is 11.3 Å². The van der Waals surface area contributed by atoms with Gasteiger partial charge in [0.15, 0.2) is 16.1 Å². The van der Waals surface area contributed by atoms with Crippen molar-refractivity contribution in [3.63, 3.8) is 0 Å². The van der Waals surface area contributed by atoms with E-state index in [4.69, 9.17) is 0 Å². The van der Waals surface area contributed by atoms with Crippen LogP contribution in [0.2, 0.25) is 0 Å². The molecule has 1 aliphatic rings. The summed E-state index contributed by atoms with van der Waals surface area (Å²) in [5, 5.41) is 2.73. The number of carbonyl (C=O) groups excluding carboxylic acids is 1. The number of fused-ring (bicyclic) bond motifs is 4. The smallest absolute Gasteiger partial charge is 0.321 e. The predicted molar refractivity (Wildman–Crippen MR) is 100 cm³/mol. The number of amides is 1. The van der Waals surface area contributed by atoms with Gasteiger partial charge in [0, 0.05) is 25.3 Å². The van der Waals surface area contributed by atoms with E-state index < -0.39 is 16.8 Å². The summed E-state index contributed by atoms with van der Waals surface area (Å²) in [5.41, 5.74) is 0.0530. The number of benzene rings is 1. The Kier molecular flexibility index (Phi) is 2.91. The van der Waals surface area contributed by atoms with E-state index >= 15 is 0 Å². The van der Waals surface area contributed by atoms with E-state index in [-0.39, 0.29) is 32.1 Å². The van der Waals surface area contributed by atoms with E-state index in [2.05, 4.69) is 10.3 Å². The fourth-order valence-corrected chi connectivity index (χ4v) is 4.43. The number of aryl methyl sites for hydroxylation is 1. The molecule has 1 amide bonds. The molecule has 10 heteroatoms. The third kappa shape index (κ3) is 1.84. The standard InChI is InChI=1S/C17H11N5O4S/c1-20-12-10(14(24)21(2)17(20)26)22-15(25)11(27-16(22)19-12)9-7-5-3-4-6-8(7)18-13(9)23/h3-6H,1-2H3,(H,18,23)/b11-9-. The van der Waals surface area contributed by atoms with Gasteiger partial charge in [-0.15, -0.1) is 0 Å². The van der Waals surface area contributed by atoms with Crippen molar-refractivity contribution in [2.24, 2.45) is 14.1 Å². The van der Waals surface area contributed by atoms with Crippen molar-refractivity contribution >= 4 is 44.6 Å². The van der Waals surface area contributed by atoms with Gasteiger partial charge < -0.3 is 5.32 Å². The molecule has 0 unspecified atom stereocenters. The Bertz CT molecular complexity index is 1550. The minimum atomic E-state index is -0.608. The molecule has 0 aliphatic carbocycles. The summed E-state index contributed by atoms with van der Waals surface area (Å²) in [5.74, 6) is -0.373. The number of nitrogens with one attached hydrogen (secondary N) is 1. The first kappa shape index (κ1) is 15.7. The molecule has 1 aliphatic heterocycles. The van der Waals surface area contributed by atoms with Crippen molar-refractivity contribution in [1.82, 2.24) is 18.5 Å². The van der Waals surface area contributed by atoms with Crippen molar-refractivity contribution < 1.29 is 4.79 Å². The zero-order valence-electron chi connectivity index (χ0n) is 14.1. The summed E-state index contributed by atoms with van der Waals surface area (Å²) in [6, 6.07) is 7.08. The third-order valence-corrected chi connectivity index (χ3v) is 5.76. The number of hydrogen-bond donors (Lipinski definition) is 1. The van der Waals surface area contributed by atoms with Gasteiger partial charge in [0.2, 0.25) is 0 Å². The number of hydrogen-bond acceptors (Lipinski definition) is 6. The Morgan fingerprint density at radius 2 is 1.74 bits per heavy atom. The van der Waals surface area contributed by atoms with E-state index in [1.54, 1.807) is 24.3 Å². The SMILES string of the molecule is Cn1c(=O)c2c(nc3s/c(=C4\C(=O)Nc5ccccc54)c(=O)n32)n(C)c1=O. The molecule has 9 nitrogen and oxygen atoms in total. The van der Waals surface area contributed by atoms with E-state index in [9.17, 15) is 19.2 Å². The number of carbonyl (C=O) groups is 1. The molecular weight excluding hydrogens is 370 g/mol. The number of nitrogens with zero attached hydrogens (tertiary/aromatic N) is 4. The summed E-state index contributed by atoms with van der Waals surface area (Å²) in [6.07, 6.45) is 0. The van der Waals surface area contributed by atoms with Crippen molar-refractivity contribution in [3.05, 3.63) is 65.6 Å². The van der Waals surface area contributed by atoms with Crippen LogP contribution in [0.3, 0.4) is 0 Å². The molecule has 0 fully saturated rings. The van der Waals surface area contributed by atoms with Gasteiger partial charge in [0.05, 0.1) is 5.57 Å². The molecule has 3 aromatic heterocycles. The molecule has 0 saturated carbocycles. The number of aromatic nitrogens is 4. The molecule has 1 aromatic carbocycles. The summed E-state index contributed by atoms with van der Waals surface area (Å²) in [6.45, 7) is 0. The highest BCUT2D eigenvalue weighted by Gasteiger charge is 2.28. The van der Waals surface area contributed by atoms with Gasteiger partial charge in [-0.2, -0.15) is 4.98 Å². The Morgan fingerprint density at radius 3 is 2.52 bits per heavy atom. The van der Waals surface area contributed by atoms with Crippen LogP contribution >= 0.6 is 11.3 Å². The van der Waals surface area contributed by atoms with Gasteiger partial charge in [-0.1, -0.05) is 29.5 Å². The molecule has 0 radical (unpaired) electrons. The van der Waals surface area contributed by atoms with Crippen LogP contribution in [0.15, 0.2) is 38.6 Å². The minimum Gasteiger partial charge on any atom is -0.321 e. The number of rotatable bonds is 0. The fraction of sp³-hybridized carbons (Fsp3) is 0.118. The summed E-state index contributed by atoms with van der Waals surface area (Å²) < 4.78 is 3.54. The molecule has 134 valence electrons. The van der Waals surface area contributed by atoms with E-state index in [0.717, 1.165) is 15.9 Å². The maximum atomic E-state index is 13.1. The van der Waals surface area contributed by atoms with Crippen LogP contribution in [-0.4, -0.2) is 24.4 Å². The number of imidazole rings is 1. The topological polar surface area (TPSA) is 107 Å². The highest BCUT2D eigenvalue weighted by Crippen LogP contribution is 2.29. The van der Waals surface area contributed by atoms with Gasteiger partial charge in [-0.3, -0.25) is 23.5 Å². The quantitative estimate of drug-likeness (QED) is 0.428. The fourth-order valence-electron chi connectivity index (χ4n) is 3.37. The molecule has 27 heavy (non-hydrogen) atoms. The molecule has 4 aromatic rings. The lowest BCUT2D eigenvalue weighted by molar-refractivity contribution is -0.110. The molecule has 0 bridgehead atoms. The maximum absolute atomic E-state index is 13.1. The summed E-state index contributed by atoms with van der Waals surface area (Å²) >= 11 is 1.02. The van der Waals surface area contributed by atoms with Crippen molar-refractivity contribution in [1.29, 1.82) is 0 Å². The average molecular weight is 381 g/mol. The highest BCUT2D eigenvalue weighted by atomic mass is 32.1. The van der Waals surface area contributed by atoms with Crippen molar-refractivity contribution in [2.75, 3.05) is 5.32 Å². The molecule has 0 saturated heterocycles. The van der Waals surface area contributed by atoms with Crippen molar-refractivity contribution in [2.45, 2.75) is 0 Å². The minimum absolute atomic E-state index is 0.0226. The molecule has 4 heterocycles. The van der Waals surface area contributed by atoms with E-state index in [1.807, 2.05) is 0 Å². The normalized spacial score (nSPS) is 15.6. The van der Waals surface area contributed by atoms with Crippen LogP contribution in [0, 0.1) is 0 Å². The van der Waals surface area contributed by atoms with Crippen molar-refractivity contribution in [3.8, 4) is 0 Å². The molecule has 0 atom stereocenters. The Morgan fingerprint density at radius 1 is 1.00 bits per heavy atom. The van der Waals surface area contributed by atoms with Crippen LogP contribution in [0.25, 0.3) is 21.7 Å². The van der Waals surface area contributed by atoms with Gasteiger partial charge in [-0.25, -0.2) is 9.20 Å². The number of para-hydroxylation sites is 1. The van der Waals surface area contributed by atoms with Crippen LogP contribution in [0.4, 0.5) is 5.69 Å². The number of thiazole rings is 1. The lowest BCUT2D eigenvalue weighted by atomic mass is 10.1. The zero-order valence-corrected chi connectivity index (χ0v) is 15.0. The second-order valence-electron chi connectivity index (χ2n) is 6.22. The van der Waals surface area contributed by atoms with Crippen LogP contribution in [0.1, 0.15) is 5.56 Å². The molecule has 5 rings (SSSR count). The monoisotopic (exact) mass is 381 g/mol. The number of anilines is 1. The van der Waals surface area contributed by atoms with Crippen LogP contribution in [0.5, 0.6) is 0 Å². The lowest BCUT2D eigenvalue weighted by Gasteiger charge is -2.01. The molecule has 1 N–H and O–H groups in total. The predicted octanol–water partition coefficient (Wildman–Crippen LogP) is -0.823.